The summed E-state index contributed by atoms with van der Waals surface area (Å²) in [6.07, 6.45) is 0.703. The Morgan fingerprint density at radius 1 is 0.795 bits per heavy atom. The van der Waals surface area contributed by atoms with E-state index in [1.165, 1.54) is 0 Å². The number of para-hydroxylation sites is 1. The Morgan fingerprint density at radius 2 is 1.49 bits per heavy atom. The summed E-state index contributed by atoms with van der Waals surface area (Å²) in [5, 5.41) is 5.72. The van der Waals surface area contributed by atoms with Gasteiger partial charge in [0, 0.05) is 62.8 Å². The van der Waals surface area contributed by atoms with E-state index in [-0.39, 0.29) is 11.4 Å². The number of nitrogens with zero attached hydrogens (tertiary/aromatic N) is 6. The van der Waals surface area contributed by atoms with Crippen molar-refractivity contribution in [3.8, 4) is 5.69 Å². The molecular formula is C29H30ClN7O2. The fraction of sp³-hybridized carbons (Fsp3) is 0.241. The average molecular weight is 544 g/mol. The molecule has 3 aromatic carbocycles. The molecule has 2 aromatic heterocycles. The van der Waals surface area contributed by atoms with E-state index in [0.717, 1.165) is 22.0 Å². The highest BCUT2D eigenvalue weighted by atomic mass is 35.5. The second kappa shape index (κ2) is 10.8. The molecule has 0 bridgehead atoms. The zero-order valence-electron chi connectivity index (χ0n) is 22.3. The number of hydrogen-bond donors (Lipinski definition) is 1. The fourth-order valence-electron chi connectivity index (χ4n) is 4.77. The van der Waals surface area contributed by atoms with Gasteiger partial charge in [0.2, 0.25) is 0 Å². The normalized spacial score (nSPS) is 11.2. The maximum absolute atomic E-state index is 13.1. The van der Waals surface area contributed by atoms with E-state index in [0.29, 0.717) is 47.4 Å². The molecule has 0 radical (unpaired) electrons. The summed E-state index contributed by atoms with van der Waals surface area (Å²) >= 11 is 6.31. The molecule has 39 heavy (non-hydrogen) atoms. The van der Waals surface area contributed by atoms with Crippen LogP contribution in [-0.2, 0) is 6.54 Å². The SMILES string of the molecule is CN(C)c1nc(=O)n(CCCNc2cccc(-n3c(=O)nc(N(C)C)c4ccc(Cl)cc43)c2)c2ccccc12. The van der Waals surface area contributed by atoms with Crippen molar-refractivity contribution in [2.45, 2.75) is 13.0 Å². The molecule has 10 heteroatoms. The number of halogens is 1. The van der Waals surface area contributed by atoms with Gasteiger partial charge in [-0.3, -0.25) is 9.13 Å². The number of aryl methyl sites for hydroxylation is 1. The first kappa shape index (κ1) is 26.2. The van der Waals surface area contributed by atoms with Gasteiger partial charge in [-0.05, 0) is 55.0 Å². The first-order valence-corrected chi connectivity index (χ1v) is 13.0. The molecule has 0 aliphatic heterocycles. The Morgan fingerprint density at radius 3 is 2.23 bits per heavy atom. The maximum Gasteiger partial charge on any atom is 0.354 e. The number of anilines is 3. The van der Waals surface area contributed by atoms with Crippen LogP contribution in [0.15, 0.2) is 76.3 Å². The largest absolute Gasteiger partial charge is 0.385 e. The summed E-state index contributed by atoms with van der Waals surface area (Å²) in [6.45, 7) is 1.14. The monoisotopic (exact) mass is 543 g/mol. The molecule has 0 fully saturated rings. The van der Waals surface area contributed by atoms with Crippen molar-refractivity contribution in [2.75, 3.05) is 49.9 Å². The fourth-order valence-corrected chi connectivity index (χ4v) is 4.93. The van der Waals surface area contributed by atoms with Gasteiger partial charge < -0.3 is 15.1 Å². The lowest BCUT2D eigenvalue weighted by molar-refractivity contribution is 0.645. The van der Waals surface area contributed by atoms with E-state index in [1.807, 2.05) is 92.6 Å². The Hall–Kier alpha value is -4.37. The van der Waals surface area contributed by atoms with Crippen LogP contribution in [0.4, 0.5) is 17.3 Å². The van der Waals surface area contributed by atoms with Gasteiger partial charge in [-0.2, -0.15) is 9.97 Å². The second-order valence-electron chi connectivity index (χ2n) is 9.72. The third-order valence-corrected chi connectivity index (χ3v) is 6.78. The molecule has 2 heterocycles. The van der Waals surface area contributed by atoms with Gasteiger partial charge in [0.15, 0.2) is 0 Å². The molecule has 200 valence electrons. The quantitative estimate of drug-likeness (QED) is 0.290. The molecule has 0 spiro atoms. The minimum atomic E-state index is -0.384. The van der Waals surface area contributed by atoms with Crippen LogP contribution in [-0.4, -0.2) is 53.8 Å². The predicted molar refractivity (Wildman–Crippen MR) is 160 cm³/mol. The van der Waals surface area contributed by atoms with E-state index in [4.69, 9.17) is 11.6 Å². The Kier molecular flexibility index (Phi) is 7.26. The van der Waals surface area contributed by atoms with Crippen LogP contribution < -0.4 is 26.5 Å². The first-order chi connectivity index (χ1) is 18.7. The standard InChI is InChI=1S/C29H30ClN7O2/c1-34(2)26-22-11-5-6-12-24(22)36(28(38)32-26)16-8-15-31-20-9-7-10-21(18-20)37-25-17-19(30)13-14-23(25)27(35(3)4)33-29(37)39/h5-7,9-14,17-18,31H,8,15-16H2,1-4H3. The molecule has 0 unspecified atom stereocenters. The highest BCUT2D eigenvalue weighted by molar-refractivity contribution is 6.31. The van der Waals surface area contributed by atoms with E-state index in [2.05, 4.69) is 15.3 Å². The molecule has 9 nitrogen and oxygen atoms in total. The average Bonchev–Trinajstić information content (AvgIpc) is 2.91. The number of hydrogen-bond acceptors (Lipinski definition) is 7. The highest BCUT2D eigenvalue weighted by Crippen LogP contribution is 2.27. The molecular weight excluding hydrogens is 514 g/mol. The molecule has 0 aliphatic carbocycles. The van der Waals surface area contributed by atoms with Crippen molar-refractivity contribution in [1.29, 1.82) is 0 Å². The Balaban J connectivity index is 1.38. The number of rotatable bonds is 8. The second-order valence-corrected chi connectivity index (χ2v) is 10.2. The Labute approximate surface area is 230 Å². The first-order valence-electron chi connectivity index (χ1n) is 12.7. The Bertz CT molecular complexity index is 1790. The van der Waals surface area contributed by atoms with Crippen molar-refractivity contribution in [3.63, 3.8) is 0 Å². The van der Waals surface area contributed by atoms with Crippen molar-refractivity contribution in [1.82, 2.24) is 19.1 Å². The minimum Gasteiger partial charge on any atom is -0.385 e. The van der Waals surface area contributed by atoms with Crippen LogP contribution in [0, 0.1) is 0 Å². The number of benzene rings is 3. The van der Waals surface area contributed by atoms with Gasteiger partial charge in [0.25, 0.3) is 0 Å². The van der Waals surface area contributed by atoms with Gasteiger partial charge in [-0.1, -0.05) is 29.8 Å². The van der Waals surface area contributed by atoms with Crippen LogP contribution >= 0.6 is 11.6 Å². The van der Waals surface area contributed by atoms with Gasteiger partial charge in [0.1, 0.15) is 11.6 Å². The summed E-state index contributed by atoms with van der Waals surface area (Å²) < 4.78 is 3.29. The molecule has 0 amide bonds. The molecule has 5 aromatic rings. The number of nitrogens with one attached hydrogen (secondary N) is 1. The zero-order valence-corrected chi connectivity index (χ0v) is 23.1. The molecule has 0 saturated heterocycles. The smallest absolute Gasteiger partial charge is 0.354 e. The lowest BCUT2D eigenvalue weighted by Gasteiger charge is -2.18. The zero-order chi connectivity index (χ0) is 27.7. The van der Waals surface area contributed by atoms with Gasteiger partial charge in [-0.15, -0.1) is 0 Å². The van der Waals surface area contributed by atoms with Crippen LogP contribution in [0.25, 0.3) is 27.5 Å². The molecule has 5 rings (SSSR count). The third-order valence-electron chi connectivity index (χ3n) is 6.54. The van der Waals surface area contributed by atoms with Gasteiger partial charge in [0.05, 0.1) is 16.7 Å². The van der Waals surface area contributed by atoms with E-state index in [9.17, 15) is 9.59 Å². The molecule has 1 N–H and O–H groups in total. The number of fused-ring (bicyclic) bond motifs is 2. The highest BCUT2D eigenvalue weighted by Gasteiger charge is 2.15. The molecule has 0 atom stereocenters. The third kappa shape index (κ3) is 5.18. The maximum atomic E-state index is 13.1. The van der Waals surface area contributed by atoms with E-state index >= 15 is 0 Å². The van der Waals surface area contributed by atoms with Crippen molar-refractivity contribution in [2.24, 2.45) is 0 Å². The van der Waals surface area contributed by atoms with E-state index < -0.39 is 0 Å². The predicted octanol–water partition coefficient (Wildman–Crippen LogP) is 4.38. The van der Waals surface area contributed by atoms with Crippen molar-refractivity contribution in [3.05, 3.63) is 92.7 Å². The van der Waals surface area contributed by atoms with Crippen LogP contribution in [0.5, 0.6) is 0 Å². The molecule has 0 saturated carbocycles. The van der Waals surface area contributed by atoms with Crippen LogP contribution in [0.2, 0.25) is 5.02 Å². The summed E-state index contributed by atoms with van der Waals surface area (Å²) in [5.74, 6) is 1.26. The lowest BCUT2D eigenvalue weighted by atomic mass is 10.2. The minimum absolute atomic E-state index is 0.266. The van der Waals surface area contributed by atoms with Gasteiger partial charge in [-0.25, -0.2) is 9.59 Å². The summed E-state index contributed by atoms with van der Waals surface area (Å²) in [4.78, 5) is 38.2. The van der Waals surface area contributed by atoms with Crippen LogP contribution in [0.1, 0.15) is 6.42 Å². The van der Waals surface area contributed by atoms with Gasteiger partial charge >= 0.3 is 11.4 Å². The molecule has 0 aliphatic rings. The summed E-state index contributed by atoms with van der Waals surface area (Å²) in [7, 11) is 7.48. The summed E-state index contributed by atoms with van der Waals surface area (Å²) in [5.41, 5.74) is 2.43. The lowest BCUT2D eigenvalue weighted by Crippen LogP contribution is -2.27. The number of aromatic nitrogens is 4. The van der Waals surface area contributed by atoms with Crippen molar-refractivity contribution >= 4 is 50.7 Å². The van der Waals surface area contributed by atoms with E-state index in [1.54, 1.807) is 21.3 Å². The topological polar surface area (TPSA) is 88.3 Å². The summed E-state index contributed by atoms with van der Waals surface area (Å²) in [6, 6.07) is 20.9. The van der Waals surface area contributed by atoms with Crippen LogP contribution in [0.3, 0.4) is 0 Å². The van der Waals surface area contributed by atoms with Crippen molar-refractivity contribution < 1.29 is 0 Å².